The molecule has 6 atom stereocenters. The summed E-state index contributed by atoms with van der Waals surface area (Å²) in [7, 11) is 7.98. The van der Waals surface area contributed by atoms with Gasteiger partial charge in [0.1, 0.15) is 23.4 Å². The van der Waals surface area contributed by atoms with Crippen molar-refractivity contribution < 1.29 is 23.7 Å². The van der Waals surface area contributed by atoms with Crippen molar-refractivity contribution in [3.05, 3.63) is 11.6 Å². The first-order valence-corrected chi connectivity index (χ1v) is 12.9. The molecule has 4 rings (SSSR count). The highest BCUT2D eigenvalue weighted by molar-refractivity contribution is 6.14. The summed E-state index contributed by atoms with van der Waals surface area (Å²) in [5.41, 5.74) is 0.835. The molecule has 34 heavy (non-hydrogen) atoms. The van der Waals surface area contributed by atoms with Gasteiger partial charge in [0.15, 0.2) is 0 Å². The number of amides is 1. The molecule has 0 aromatic rings. The summed E-state index contributed by atoms with van der Waals surface area (Å²) in [5.74, 6) is 0.472. The first kappa shape index (κ1) is 26.0. The summed E-state index contributed by atoms with van der Waals surface area (Å²) >= 11 is 0. The van der Waals surface area contributed by atoms with Gasteiger partial charge in [-0.05, 0) is 51.4 Å². The lowest BCUT2D eigenvalue weighted by atomic mass is 9.59. The Hall–Kier alpha value is -1.05. The van der Waals surface area contributed by atoms with E-state index in [2.05, 4.69) is 54.5 Å². The zero-order valence-electron chi connectivity index (χ0n) is 22.5. The van der Waals surface area contributed by atoms with Gasteiger partial charge >= 0.3 is 6.09 Å². The van der Waals surface area contributed by atoms with Crippen molar-refractivity contribution in [3.8, 4) is 0 Å². The normalized spacial score (nSPS) is 37.8. The summed E-state index contributed by atoms with van der Waals surface area (Å²) in [6.45, 7) is 17.2. The fourth-order valence-corrected chi connectivity index (χ4v) is 6.71. The van der Waals surface area contributed by atoms with Gasteiger partial charge in [0, 0.05) is 20.2 Å². The topological polar surface area (TPSA) is 63.8 Å². The Morgan fingerprint density at radius 1 is 1.24 bits per heavy atom. The van der Waals surface area contributed by atoms with Gasteiger partial charge in [-0.25, -0.2) is 4.79 Å². The van der Waals surface area contributed by atoms with E-state index in [0.29, 0.717) is 19.0 Å². The molecule has 2 radical (unpaired) electrons. The number of nitrogens with zero attached hydrogens (tertiary/aromatic N) is 1. The molecule has 0 bridgehead atoms. The molecule has 4 unspecified atom stereocenters. The number of rotatable bonds is 8. The molecular weight excluding hydrogens is 429 g/mol. The number of methoxy groups -OCH3 is 1. The van der Waals surface area contributed by atoms with Gasteiger partial charge in [-0.1, -0.05) is 51.1 Å². The maximum absolute atomic E-state index is 13.1. The second-order valence-corrected chi connectivity index (χ2v) is 13.1. The third-order valence-electron chi connectivity index (χ3n) is 8.65. The molecular formula is C27H44BNO5. The third kappa shape index (κ3) is 5.08. The van der Waals surface area contributed by atoms with Crippen molar-refractivity contribution in [3.63, 3.8) is 0 Å². The molecule has 3 saturated heterocycles. The minimum absolute atomic E-state index is 0.0435. The lowest BCUT2D eigenvalue weighted by molar-refractivity contribution is -0.126. The quantitative estimate of drug-likeness (QED) is 0.285. The molecule has 6 nitrogen and oxygen atoms in total. The minimum Gasteiger partial charge on any atom is -0.443 e. The van der Waals surface area contributed by atoms with Crippen LogP contribution in [0.25, 0.3) is 0 Å². The number of epoxide rings is 2. The Morgan fingerprint density at radius 3 is 2.41 bits per heavy atom. The number of hydrogen-bond donors (Lipinski definition) is 0. The molecule has 1 amide bonds. The van der Waals surface area contributed by atoms with Crippen molar-refractivity contribution in [1.29, 1.82) is 0 Å². The van der Waals surface area contributed by atoms with Crippen molar-refractivity contribution in [2.45, 2.75) is 109 Å². The third-order valence-corrected chi connectivity index (χ3v) is 8.65. The van der Waals surface area contributed by atoms with Gasteiger partial charge < -0.3 is 23.8 Å². The van der Waals surface area contributed by atoms with Crippen molar-refractivity contribution in [2.24, 2.45) is 17.3 Å². The second kappa shape index (κ2) is 8.81. The molecule has 0 N–H and O–H groups in total. The van der Waals surface area contributed by atoms with E-state index in [1.807, 2.05) is 4.90 Å². The van der Waals surface area contributed by atoms with E-state index in [-0.39, 0.29) is 52.3 Å². The van der Waals surface area contributed by atoms with Crippen LogP contribution in [0, 0.1) is 17.3 Å². The van der Waals surface area contributed by atoms with Gasteiger partial charge in [0.25, 0.3) is 0 Å². The van der Waals surface area contributed by atoms with Crippen LogP contribution >= 0.6 is 0 Å². The molecule has 3 heterocycles. The lowest BCUT2D eigenvalue weighted by Crippen LogP contribution is -2.59. The Labute approximate surface area is 207 Å². The molecule has 1 aliphatic carbocycles. The van der Waals surface area contributed by atoms with Crippen LogP contribution in [0.4, 0.5) is 4.79 Å². The zero-order valence-corrected chi connectivity index (χ0v) is 22.5. The number of hydrogen-bond acceptors (Lipinski definition) is 5. The smallest absolute Gasteiger partial charge is 0.410 e. The summed E-state index contributed by atoms with van der Waals surface area (Å²) in [6, 6.07) is 0. The molecule has 1 saturated carbocycles. The van der Waals surface area contributed by atoms with E-state index in [9.17, 15) is 4.79 Å². The zero-order chi connectivity index (χ0) is 25.1. The Bertz CT molecular complexity index is 806. The summed E-state index contributed by atoms with van der Waals surface area (Å²) < 4.78 is 24.4. The molecule has 0 aromatic heterocycles. The maximum atomic E-state index is 13.1. The van der Waals surface area contributed by atoms with Gasteiger partial charge in [-0.15, -0.1) is 0 Å². The highest BCUT2D eigenvalue weighted by Crippen LogP contribution is 2.59. The first-order valence-electron chi connectivity index (χ1n) is 12.9. The highest BCUT2D eigenvalue weighted by Gasteiger charge is 2.72. The van der Waals surface area contributed by atoms with E-state index in [1.165, 1.54) is 5.57 Å². The first-order chi connectivity index (χ1) is 15.7. The minimum atomic E-state index is -0.324. The Kier molecular flexibility index (Phi) is 6.74. The highest BCUT2D eigenvalue weighted by atomic mass is 16.6. The number of carbonyl (C=O) groups excluding carboxylic acids is 1. The van der Waals surface area contributed by atoms with Gasteiger partial charge in [0.2, 0.25) is 0 Å². The van der Waals surface area contributed by atoms with E-state index in [1.54, 1.807) is 7.11 Å². The van der Waals surface area contributed by atoms with E-state index in [0.717, 1.165) is 32.3 Å². The number of allylic oxidation sites excluding steroid dienone is 1. The number of carbonyl (C=O) groups is 1. The lowest BCUT2D eigenvalue weighted by Gasteiger charge is -2.50. The van der Waals surface area contributed by atoms with Crippen molar-refractivity contribution in [1.82, 2.24) is 4.90 Å². The summed E-state index contributed by atoms with van der Waals surface area (Å²) in [4.78, 5) is 14.9. The predicted molar refractivity (Wildman–Crippen MR) is 133 cm³/mol. The van der Waals surface area contributed by atoms with Gasteiger partial charge in [0.05, 0.1) is 26.5 Å². The van der Waals surface area contributed by atoms with Crippen molar-refractivity contribution in [2.75, 3.05) is 26.8 Å². The summed E-state index contributed by atoms with van der Waals surface area (Å²) in [6.07, 6.45) is 5.02. The van der Waals surface area contributed by atoms with Crippen LogP contribution in [0.1, 0.15) is 74.1 Å². The van der Waals surface area contributed by atoms with Crippen LogP contribution in [0.2, 0.25) is 5.31 Å². The van der Waals surface area contributed by atoms with Crippen LogP contribution in [0.15, 0.2) is 11.6 Å². The van der Waals surface area contributed by atoms with Gasteiger partial charge in [-0.3, -0.25) is 0 Å². The molecule has 0 aromatic carbocycles. The molecule has 7 heteroatoms. The second-order valence-electron chi connectivity index (χ2n) is 13.1. The van der Waals surface area contributed by atoms with E-state index < -0.39 is 0 Å². The van der Waals surface area contributed by atoms with Crippen LogP contribution in [-0.2, 0) is 18.9 Å². The molecule has 1 spiro atoms. The fraction of sp³-hybridized carbons (Fsp3) is 0.889. The molecule has 3 aliphatic heterocycles. The Morgan fingerprint density at radius 2 is 1.88 bits per heavy atom. The van der Waals surface area contributed by atoms with Crippen LogP contribution < -0.4 is 0 Å². The van der Waals surface area contributed by atoms with E-state index in [4.69, 9.17) is 26.8 Å². The average Bonchev–Trinajstić information content (AvgIpc) is 3.55. The number of likely N-dealkylation sites (tertiary alicyclic amines) is 1. The predicted octanol–water partition coefficient (Wildman–Crippen LogP) is 4.91. The molecule has 190 valence electrons. The van der Waals surface area contributed by atoms with Crippen LogP contribution in [-0.4, -0.2) is 75.2 Å². The number of ether oxygens (including phenoxy) is 4. The van der Waals surface area contributed by atoms with E-state index >= 15 is 0 Å². The average molecular weight is 473 g/mol. The van der Waals surface area contributed by atoms with Crippen LogP contribution in [0.3, 0.4) is 0 Å². The maximum Gasteiger partial charge on any atom is 0.410 e. The molecule has 4 aliphatic rings. The standard InChI is InChI=1S/C27H44BNO5/c1-17(2)9-10-20-26(7,34-20)22-21(31-8)19(11-12-27(22)16-32-27)33-23(30)29-13-18(14-29)24(3,4)15-25(5,6)28/h9,18-22H,10-16H2,1-8H3/t19-,20?,21-,22?,26?,27?/m1/s1. The van der Waals surface area contributed by atoms with Gasteiger partial charge in [-0.2, -0.15) is 0 Å². The Balaban J connectivity index is 1.38. The summed E-state index contributed by atoms with van der Waals surface area (Å²) in [5, 5.41) is -0.224. The van der Waals surface area contributed by atoms with Crippen LogP contribution in [0.5, 0.6) is 0 Å². The monoisotopic (exact) mass is 473 g/mol. The molecule has 4 fully saturated rings. The van der Waals surface area contributed by atoms with Crippen molar-refractivity contribution >= 4 is 13.9 Å². The SMILES string of the molecule is [B]C(C)(C)CC(C)(C)C1CN(C(=O)O[C@@H]2CCC3(CO3)C(C3(C)OC3CC=C(C)C)[C@@H]2OC)C1. The largest absolute Gasteiger partial charge is 0.443 e. The fourth-order valence-electron chi connectivity index (χ4n) is 6.71.